The van der Waals surface area contributed by atoms with Gasteiger partial charge in [-0.15, -0.1) is 0 Å². The van der Waals surface area contributed by atoms with Gasteiger partial charge in [-0.2, -0.15) is 10.4 Å². The number of nitrogens with zero attached hydrogens (tertiary/aromatic N) is 3. The average Bonchev–Trinajstić information content (AvgIpc) is 2.96. The summed E-state index contributed by atoms with van der Waals surface area (Å²) in [7, 11) is 0. The first-order chi connectivity index (χ1) is 10.5. The predicted molar refractivity (Wildman–Crippen MR) is 87.6 cm³/mol. The van der Waals surface area contributed by atoms with Gasteiger partial charge in [-0.05, 0) is 42.7 Å². The van der Waals surface area contributed by atoms with E-state index in [1.807, 2.05) is 38.1 Å². The number of benzene rings is 1. The number of rotatable bonds is 5. The second-order valence-electron chi connectivity index (χ2n) is 5.41. The van der Waals surface area contributed by atoms with Gasteiger partial charge in [0.05, 0.1) is 11.8 Å². The maximum atomic E-state index is 12.1. The number of nitrogens with one attached hydrogen (secondary N) is 1. The first-order valence-corrected chi connectivity index (χ1v) is 7.81. The highest BCUT2D eigenvalue weighted by Gasteiger charge is 2.16. The molecular weight excluding hydrogens is 344 g/mol. The highest BCUT2D eigenvalue weighted by molar-refractivity contribution is 9.10. The second kappa shape index (κ2) is 7.23. The van der Waals surface area contributed by atoms with Crippen molar-refractivity contribution in [1.82, 2.24) is 15.1 Å². The monoisotopic (exact) mass is 360 g/mol. The van der Waals surface area contributed by atoms with E-state index in [9.17, 15) is 4.79 Å². The highest BCUT2D eigenvalue weighted by atomic mass is 79.9. The van der Waals surface area contributed by atoms with Crippen molar-refractivity contribution in [3.05, 3.63) is 46.7 Å². The van der Waals surface area contributed by atoms with E-state index in [-0.39, 0.29) is 5.91 Å². The Balaban J connectivity index is 2.09. The standard InChI is InChI=1S/C16H17BrN4O/c1-11(2)9-13(10-18)19-16(22)15-7-8-21(20-15)14-5-3-12(17)4-6-14/h3-8,11,13H,9H2,1-2H3,(H,19,22). The van der Waals surface area contributed by atoms with Gasteiger partial charge in [-0.1, -0.05) is 29.8 Å². The number of hydrogen-bond donors (Lipinski definition) is 1. The van der Waals surface area contributed by atoms with Gasteiger partial charge in [-0.25, -0.2) is 4.68 Å². The lowest BCUT2D eigenvalue weighted by Gasteiger charge is -2.12. The van der Waals surface area contributed by atoms with Gasteiger partial charge >= 0.3 is 0 Å². The Labute approximate surface area is 138 Å². The molecule has 0 aliphatic heterocycles. The van der Waals surface area contributed by atoms with E-state index < -0.39 is 6.04 Å². The normalized spacial score (nSPS) is 12.0. The Morgan fingerprint density at radius 3 is 2.64 bits per heavy atom. The summed E-state index contributed by atoms with van der Waals surface area (Å²) in [6.45, 7) is 4.03. The minimum atomic E-state index is -0.495. The summed E-state index contributed by atoms with van der Waals surface area (Å²) in [5.74, 6) is 0.00772. The average molecular weight is 361 g/mol. The molecule has 2 aromatic rings. The van der Waals surface area contributed by atoms with Crippen LogP contribution in [0.2, 0.25) is 0 Å². The summed E-state index contributed by atoms with van der Waals surface area (Å²) in [6.07, 6.45) is 2.34. The Morgan fingerprint density at radius 2 is 2.05 bits per heavy atom. The van der Waals surface area contributed by atoms with Crippen molar-refractivity contribution >= 4 is 21.8 Å². The molecule has 1 aromatic heterocycles. The SMILES string of the molecule is CC(C)CC(C#N)NC(=O)c1ccn(-c2ccc(Br)cc2)n1. The van der Waals surface area contributed by atoms with Crippen LogP contribution in [0.4, 0.5) is 0 Å². The number of nitriles is 1. The molecule has 6 heteroatoms. The van der Waals surface area contributed by atoms with Crippen molar-refractivity contribution in [3.63, 3.8) is 0 Å². The van der Waals surface area contributed by atoms with Crippen LogP contribution in [0, 0.1) is 17.2 Å². The van der Waals surface area contributed by atoms with Crippen LogP contribution in [0.5, 0.6) is 0 Å². The molecular formula is C16H17BrN4O. The third kappa shape index (κ3) is 4.18. The molecule has 114 valence electrons. The topological polar surface area (TPSA) is 70.7 Å². The Morgan fingerprint density at radius 1 is 1.36 bits per heavy atom. The number of hydrogen-bond acceptors (Lipinski definition) is 3. The molecule has 0 fully saturated rings. The van der Waals surface area contributed by atoms with Gasteiger partial charge in [0.25, 0.3) is 5.91 Å². The molecule has 1 amide bonds. The Hall–Kier alpha value is -2.13. The van der Waals surface area contributed by atoms with Gasteiger partial charge in [0.15, 0.2) is 5.69 Å². The first kappa shape index (κ1) is 16.2. The number of carbonyl (C=O) groups excluding carboxylic acids is 1. The van der Waals surface area contributed by atoms with Crippen LogP contribution >= 0.6 is 15.9 Å². The number of amides is 1. The molecule has 5 nitrogen and oxygen atoms in total. The van der Waals surface area contributed by atoms with Gasteiger partial charge in [0.2, 0.25) is 0 Å². The molecule has 0 radical (unpaired) electrons. The first-order valence-electron chi connectivity index (χ1n) is 7.01. The number of aromatic nitrogens is 2. The molecule has 0 saturated heterocycles. The largest absolute Gasteiger partial charge is 0.335 e. The minimum Gasteiger partial charge on any atom is -0.335 e. The van der Waals surface area contributed by atoms with Crippen molar-refractivity contribution in [2.75, 3.05) is 0 Å². The molecule has 22 heavy (non-hydrogen) atoms. The third-order valence-electron chi connectivity index (χ3n) is 3.08. The lowest BCUT2D eigenvalue weighted by molar-refractivity contribution is 0.0936. The van der Waals surface area contributed by atoms with E-state index in [0.717, 1.165) is 10.2 Å². The Bertz CT molecular complexity index is 685. The van der Waals surface area contributed by atoms with Gasteiger partial charge in [-0.3, -0.25) is 4.79 Å². The fraction of sp³-hybridized carbons (Fsp3) is 0.312. The van der Waals surface area contributed by atoms with Crippen LogP contribution in [-0.2, 0) is 0 Å². The van der Waals surface area contributed by atoms with Gasteiger partial charge in [0, 0.05) is 10.7 Å². The third-order valence-corrected chi connectivity index (χ3v) is 3.61. The van der Waals surface area contributed by atoms with Crippen LogP contribution < -0.4 is 5.32 Å². The van der Waals surface area contributed by atoms with E-state index in [0.29, 0.717) is 18.0 Å². The molecule has 0 aliphatic carbocycles. The molecule has 0 bridgehead atoms. The van der Waals surface area contributed by atoms with Crippen LogP contribution in [0.25, 0.3) is 5.69 Å². The van der Waals surface area contributed by atoms with Crippen molar-refractivity contribution in [2.24, 2.45) is 5.92 Å². The number of halogens is 1. The summed E-state index contributed by atoms with van der Waals surface area (Å²) >= 11 is 3.38. The van der Waals surface area contributed by atoms with Crippen molar-refractivity contribution in [3.8, 4) is 11.8 Å². The van der Waals surface area contributed by atoms with Crippen molar-refractivity contribution < 1.29 is 4.79 Å². The minimum absolute atomic E-state index is 0.298. The summed E-state index contributed by atoms with van der Waals surface area (Å²) in [5, 5.41) is 16.0. The predicted octanol–water partition coefficient (Wildman–Crippen LogP) is 3.30. The van der Waals surface area contributed by atoms with E-state index in [4.69, 9.17) is 5.26 Å². The van der Waals surface area contributed by atoms with E-state index in [1.54, 1.807) is 16.9 Å². The summed E-state index contributed by atoms with van der Waals surface area (Å²) in [4.78, 5) is 12.1. The zero-order valence-corrected chi connectivity index (χ0v) is 14.0. The molecule has 1 atom stereocenters. The smallest absolute Gasteiger partial charge is 0.272 e. The molecule has 1 unspecified atom stereocenters. The van der Waals surface area contributed by atoms with E-state index in [2.05, 4.69) is 32.4 Å². The van der Waals surface area contributed by atoms with Crippen molar-refractivity contribution in [1.29, 1.82) is 5.26 Å². The van der Waals surface area contributed by atoms with Gasteiger partial charge in [0.1, 0.15) is 6.04 Å². The quantitative estimate of drug-likeness (QED) is 0.888. The zero-order valence-electron chi connectivity index (χ0n) is 12.5. The molecule has 2 rings (SSSR count). The van der Waals surface area contributed by atoms with E-state index >= 15 is 0 Å². The van der Waals surface area contributed by atoms with Crippen LogP contribution in [0.3, 0.4) is 0 Å². The summed E-state index contributed by atoms with van der Waals surface area (Å²) in [6, 6.07) is 10.9. The fourth-order valence-electron chi connectivity index (χ4n) is 2.03. The lowest BCUT2D eigenvalue weighted by atomic mass is 10.0. The van der Waals surface area contributed by atoms with Crippen LogP contribution in [0.1, 0.15) is 30.8 Å². The Kier molecular flexibility index (Phi) is 5.34. The second-order valence-corrected chi connectivity index (χ2v) is 6.32. The highest BCUT2D eigenvalue weighted by Crippen LogP contribution is 2.14. The lowest BCUT2D eigenvalue weighted by Crippen LogP contribution is -2.35. The maximum Gasteiger partial charge on any atom is 0.272 e. The molecule has 1 N–H and O–H groups in total. The molecule has 0 aliphatic rings. The molecule has 1 aromatic carbocycles. The summed E-state index contributed by atoms with van der Waals surface area (Å²) < 4.78 is 2.61. The number of carbonyl (C=O) groups is 1. The molecule has 1 heterocycles. The van der Waals surface area contributed by atoms with Crippen LogP contribution in [0.15, 0.2) is 41.0 Å². The maximum absolute atomic E-state index is 12.1. The molecule has 0 saturated carbocycles. The fourth-order valence-corrected chi connectivity index (χ4v) is 2.29. The zero-order chi connectivity index (χ0) is 16.1. The van der Waals surface area contributed by atoms with Crippen LogP contribution in [-0.4, -0.2) is 21.7 Å². The van der Waals surface area contributed by atoms with E-state index in [1.165, 1.54) is 0 Å². The summed E-state index contributed by atoms with van der Waals surface area (Å²) in [5.41, 5.74) is 1.16. The molecule has 0 spiro atoms. The van der Waals surface area contributed by atoms with Crippen molar-refractivity contribution in [2.45, 2.75) is 26.3 Å². The van der Waals surface area contributed by atoms with Gasteiger partial charge < -0.3 is 5.32 Å².